The van der Waals surface area contributed by atoms with Crippen LogP contribution < -0.4 is 10.2 Å². The maximum Gasteiger partial charge on any atom is 0.268 e. The number of allylic oxidation sites excluding steroid dienone is 10. The van der Waals surface area contributed by atoms with E-state index in [9.17, 15) is 19.4 Å². The Morgan fingerprint density at radius 2 is 1.15 bits per heavy atom. The molecule has 0 radical (unpaired) electrons. The number of aliphatic hydroxyl groups is 1. The number of hydrogen-bond donors (Lipinski definition) is 2. The number of quaternary nitrogens is 1. The summed E-state index contributed by atoms with van der Waals surface area (Å²) in [7, 11) is 1.28. The molecule has 0 spiro atoms. The summed E-state index contributed by atoms with van der Waals surface area (Å²) in [5.74, 6) is -0.181. The van der Waals surface area contributed by atoms with Crippen molar-refractivity contribution in [3.05, 3.63) is 60.8 Å². The number of carbonyl (C=O) groups is 1. The highest BCUT2D eigenvalue weighted by Crippen LogP contribution is 2.38. The average Bonchev–Trinajstić information content (AvgIpc) is 3.10. The van der Waals surface area contributed by atoms with Gasteiger partial charge in [0.2, 0.25) is 5.91 Å². The largest absolute Gasteiger partial charge is 0.756 e. The smallest absolute Gasteiger partial charge is 0.268 e. The summed E-state index contributed by atoms with van der Waals surface area (Å²) in [5, 5.41) is 13.7. The molecule has 3 unspecified atom stereocenters. The van der Waals surface area contributed by atoms with Crippen LogP contribution in [-0.4, -0.2) is 68.5 Å². The van der Waals surface area contributed by atoms with E-state index < -0.39 is 20.0 Å². The molecule has 2 N–H and O–H groups in total. The van der Waals surface area contributed by atoms with Crippen LogP contribution in [0.25, 0.3) is 0 Å². The molecule has 0 aliphatic rings. The molecule has 53 heavy (non-hydrogen) atoms. The summed E-state index contributed by atoms with van der Waals surface area (Å²) in [4.78, 5) is 25.1. The van der Waals surface area contributed by atoms with Gasteiger partial charge in [-0.15, -0.1) is 0 Å². The van der Waals surface area contributed by atoms with E-state index in [4.69, 9.17) is 9.05 Å². The quantitative estimate of drug-likeness (QED) is 0.0282. The lowest BCUT2D eigenvalue weighted by Gasteiger charge is -2.30. The first-order valence-electron chi connectivity index (χ1n) is 21.1. The molecule has 0 fully saturated rings. The normalized spacial score (nSPS) is 15.1. The third-order valence-electron chi connectivity index (χ3n) is 9.02. The molecule has 0 saturated carbocycles. The summed E-state index contributed by atoms with van der Waals surface area (Å²) in [6.07, 6.45) is 45.4. The van der Waals surface area contributed by atoms with Crippen LogP contribution in [0.5, 0.6) is 0 Å². The van der Waals surface area contributed by atoms with Gasteiger partial charge in [0.15, 0.2) is 0 Å². The van der Waals surface area contributed by atoms with Crippen LogP contribution in [0, 0.1) is 0 Å². The lowest BCUT2D eigenvalue weighted by atomic mass is 10.0. The lowest BCUT2D eigenvalue weighted by Crippen LogP contribution is -2.46. The highest BCUT2D eigenvalue weighted by Gasteiger charge is 2.24. The van der Waals surface area contributed by atoms with Gasteiger partial charge >= 0.3 is 0 Å². The molecular formula is C44H81N2O6P. The van der Waals surface area contributed by atoms with Crippen molar-refractivity contribution in [3.8, 4) is 0 Å². The highest BCUT2D eigenvalue weighted by molar-refractivity contribution is 7.45. The first-order chi connectivity index (χ1) is 25.5. The maximum atomic E-state index is 12.8. The van der Waals surface area contributed by atoms with E-state index in [1.807, 2.05) is 21.1 Å². The molecule has 0 aromatic heterocycles. The van der Waals surface area contributed by atoms with Gasteiger partial charge in [-0.1, -0.05) is 158 Å². The van der Waals surface area contributed by atoms with E-state index in [0.29, 0.717) is 23.9 Å². The minimum atomic E-state index is -4.55. The Kier molecular flexibility index (Phi) is 34.7. The number of phosphoric acid groups is 1. The van der Waals surface area contributed by atoms with E-state index in [0.717, 1.165) is 77.0 Å². The van der Waals surface area contributed by atoms with Crippen LogP contribution in [0.1, 0.15) is 162 Å². The van der Waals surface area contributed by atoms with E-state index in [1.165, 1.54) is 57.8 Å². The number of likely N-dealkylation sites (N-methyl/N-ethyl adjacent to an activating group) is 1. The average molecular weight is 765 g/mol. The second-order valence-electron chi connectivity index (χ2n) is 15.3. The van der Waals surface area contributed by atoms with Gasteiger partial charge in [0.25, 0.3) is 7.82 Å². The van der Waals surface area contributed by atoms with Crippen LogP contribution in [-0.2, 0) is 18.4 Å². The van der Waals surface area contributed by atoms with E-state index in [2.05, 4.69) is 79.9 Å². The second-order valence-corrected chi connectivity index (χ2v) is 16.7. The first kappa shape index (κ1) is 51.2. The van der Waals surface area contributed by atoms with Gasteiger partial charge in [-0.25, -0.2) is 0 Å². The lowest BCUT2D eigenvalue weighted by molar-refractivity contribution is -0.870. The Hall–Kier alpha value is -1.80. The predicted octanol–water partition coefficient (Wildman–Crippen LogP) is 10.8. The number of aliphatic hydroxyl groups excluding tert-OH is 1. The molecule has 0 heterocycles. The summed E-state index contributed by atoms with van der Waals surface area (Å²) < 4.78 is 23.1. The molecule has 0 rings (SSSR count). The maximum absolute atomic E-state index is 12.8. The molecule has 8 nitrogen and oxygen atoms in total. The number of amides is 1. The molecule has 0 aromatic rings. The van der Waals surface area contributed by atoms with Crippen LogP contribution in [0.4, 0.5) is 0 Å². The molecule has 0 bridgehead atoms. The second kappa shape index (κ2) is 35.9. The van der Waals surface area contributed by atoms with Crippen molar-refractivity contribution >= 4 is 13.7 Å². The van der Waals surface area contributed by atoms with E-state index in [-0.39, 0.29) is 19.1 Å². The summed E-state index contributed by atoms with van der Waals surface area (Å²) in [6, 6.07) is -0.802. The van der Waals surface area contributed by atoms with E-state index in [1.54, 1.807) is 0 Å². The Balaban J connectivity index is 4.13. The van der Waals surface area contributed by atoms with Crippen molar-refractivity contribution in [2.75, 3.05) is 40.9 Å². The topological polar surface area (TPSA) is 108 Å². The fourth-order valence-electron chi connectivity index (χ4n) is 5.65. The number of unbranched alkanes of at least 4 members (excludes halogenated alkanes) is 14. The van der Waals surface area contributed by atoms with Crippen LogP contribution in [0.15, 0.2) is 60.8 Å². The van der Waals surface area contributed by atoms with Crippen molar-refractivity contribution in [2.45, 2.75) is 174 Å². The van der Waals surface area contributed by atoms with Crippen molar-refractivity contribution in [1.29, 1.82) is 0 Å². The number of hydrogen-bond acceptors (Lipinski definition) is 6. The molecule has 0 aliphatic carbocycles. The fraction of sp³-hybridized carbons (Fsp3) is 0.750. The van der Waals surface area contributed by atoms with Crippen molar-refractivity contribution in [3.63, 3.8) is 0 Å². The SMILES string of the molecule is CC/C=C\C/C=C\C/C=C\C/C=C\C/C=C\CCCCCCCCCCCC(=O)NC(COP(=O)([O-])OCC[N+](C)(C)C)C(O)CCCCCCCC. The highest BCUT2D eigenvalue weighted by atomic mass is 31.2. The van der Waals surface area contributed by atoms with Gasteiger partial charge in [0.05, 0.1) is 39.9 Å². The van der Waals surface area contributed by atoms with Crippen LogP contribution in [0.3, 0.4) is 0 Å². The molecule has 0 saturated heterocycles. The molecule has 3 atom stereocenters. The first-order valence-corrected chi connectivity index (χ1v) is 22.6. The zero-order valence-electron chi connectivity index (χ0n) is 34.7. The zero-order chi connectivity index (χ0) is 39.3. The predicted molar refractivity (Wildman–Crippen MR) is 224 cm³/mol. The summed E-state index contributed by atoms with van der Waals surface area (Å²) in [5.41, 5.74) is 0. The molecule has 9 heteroatoms. The Bertz CT molecular complexity index is 1050. The number of carbonyl (C=O) groups excluding carboxylic acids is 1. The summed E-state index contributed by atoms with van der Waals surface area (Å²) in [6.45, 7) is 4.51. The van der Waals surface area contributed by atoms with Gasteiger partial charge in [0, 0.05) is 6.42 Å². The van der Waals surface area contributed by atoms with Crippen molar-refractivity contribution in [1.82, 2.24) is 5.32 Å². The number of nitrogens with zero attached hydrogens (tertiary/aromatic N) is 1. The minimum Gasteiger partial charge on any atom is -0.756 e. The van der Waals surface area contributed by atoms with Crippen molar-refractivity contribution < 1.29 is 32.9 Å². The van der Waals surface area contributed by atoms with Crippen LogP contribution >= 0.6 is 7.82 Å². The third-order valence-corrected chi connectivity index (χ3v) is 9.98. The van der Waals surface area contributed by atoms with Crippen molar-refractivity contribution in [2.24, 2.45) is 0 Å². The van der Waals surface area contributed by atoms with Gasteiger partial charge in [0.1, 0.15) is 13.2 Å². The monoisotopic (exact) mass is 765 g/mol. The zero-order valence-corrected chi connectivity index (χ0v) is 35.6. The van der Waals surface area contributed by atoms with Crippen LogP contribution in [0.2, 0.25) is 0 Å². The third kappa shape index (κ3) is 38.3. The Labute approximate surface area is 326 Å². The standard InChI is InChI=1S/C44H81N2O6P/c1-6-8-10-12-14-15-16-17-18-19-20-21-22-23-24-25-26-27-28-29-30-31-32-34-36-38-44(48)45-42(43(47)37-35-33-13-11-9-7-2)41-52-53(49,50)51-40-39-46(3,4)5/h8,10,14-15,17-18,20-21,23-24,42-43,47H,6-7,9,11-13,16,19,22,25-41H2,1-5H3,(H-,45,48,49,50)/b10-8-,15-14-,18-17-,21-20-,24-23-. The van der Waals surface area contributed by atoms with Gasteiger partial charge < -0.3 is 28.8 Å². The van der Waals surface area contributed by atoms with E-state index >= 15 is 0 Å². The molecule has 308 valence electrons. The number of nitrogens with one attached hydrogen (secondary N) is 1. The molecule has 1 amide bonds. The number of phosphoric ester groups is 1. The van der Waals surface area contributed by atoms with Gasteiger partial charge in [-0.3, -0.25) is 9.36 Å². The van der Waals surface area contributed by atoms with Gasteiger partial charge in [-0.2, -0.15) is 0 Å². The molecular weight excluding hydrogens is 683 g/mol. The Morgan fingerprint density at radius 1 is 0.679 bits per heavy atom. The minimum absolute atomic E-state index is 0.00736. The molecule has 0 aliphatic heterocycles. The number of rotatable bonds is 37. The fourth-order valence-corrected chi connectivity index (χ4v) is 6.37. The summed E-state index contributed by atoms with van der Waals surface area (Å²) >= 11 is 0. The Morgan fingerprint density at radius 3 is 1.68 bits per heavy atom. The molecule has 0 aromatic carbocycles. The van der Waals surface area contributed by atoms with Gasteiger partial charge in [-0.05, 0) is 57.8 Å².